The number of nitrogens with one attached hydrogen (secondary N) is 1. The summed E-state index contributed by atoms with van der Waals surface area (Å²) < 4.78 is 4.33. The molecule has 0 rings (SSSR count). The van der Waals surface area contributed by atoms with Gasteiger partial charge in [-0.1, -0.05) is 12.1 Å². The van der Waals surface area contributed by atoms with E-state index in [1.165, 1.54) is 6.92 Å². The molecular formula is C11H17N3O6. The zero-order chi connectivity index (χ0) is 15.7. The van der Waals surface area contributed by atoms with Crippen LogP contribution in [0.3, 0.4) is 0 Å². The summed E-state index contributed by atoms with van der Waals surface area (Å²) in [5.41, 5.74) is -0.101. The van der Waals surface area contributed by atoms with Crippen LogP contribution in [0.4, 0.5) is 0 Å². The first kappa shape index (κ1) is 17.6. The molecule has 0 radical (unpaired) electrons. The summed E-state index contributed by atoms with van der Waals surface area (Å²) in [6, 6.07) is -1.01. The van der Waals surface area contributed by atoms with E-state index in [4.69, 9.17) is 5.21 Å². The zero-order valence-electron chi connectivity index (χ0n) is 11.5. The second kappa shape index (κ2) is 8.62. The van der Waals surface area contributed by atoms with Gasteiger partial charge in [0.15, 0.2) is 5.71 Å². The molecule has 0 saturated heterocycles. The molecule has 0 saturated carbocycles. The van der Waals surface area contributed by atoms with Gasteiger partial charge in [0.2, 0.25) is 6.04 Å². The van der Waals surface area contributed by atoms with E-state index in [1.54, 1.807) is 6.92 Å². The lowest BCUT2D eigenvalue weighted by atomic mass is 10.0. The molecule has 1 atom stereocenters. The number of hydrogen-bond donors (Lipinski definition) is 2. The van der Waals surface area contributed by atoms with Crippen LogP contribution in [0.1, 0.15) is 20.3 Å². The fourth-order valence-corrected chi connectivity index (χ4v) is 1.28. The molecule has 9 nitrogen and oxygen atoms in total. The lowest BCUT2D eigenvalue weighted by Gasteiger charge is -2.08. The predicted molar refractivity (Wildman–Crippen MR) is 69.1 cm³/mol. The van der Waals surface area contributed by atoms with Crippen molar-refractivity contribution in [1.29, 1.82) is 0 Å². The van der Waals surface area contributed by atoms with Crippen molar-refractivity contribution in [3.63, 3.8) is 0 Å². The van der Waals surface area contributed by atoms with Gasteiger partial charge >= 0.3 is 5.97 Å². The van der Waals surface area contributed by atoms with Crippen molar-refractivity contribution >= 4 is 17.6 Å². The van der Waals surface area contributed by atoms with Gasteiger partial charge in [0.1, 0.15) is 6.54 Å². The molecule has 0 aromatic carbocycles. The Morgan fingerprint density at radius 3 is 2.55 bits per heavy atom. The Morgan fingerprint density at radius 2 is 2.15 bits per heavy atom. The van der Waals surface area contributed by atoms with Gasteiger partial charge in [0, 0.05) is 17.4 Å². The molecule has 2 N–H and O–H groups in total. The summed E-state index contributed by atoms with van der Waals surface area (Å²) >= 11 is 0. The third-order valence-corrected chi connectivity index (χ3v) is 2.54. The summed E-state index contributed by atoms with van der Waals surface area (Å²) in [4.78, 5) is 32.7. The highest BCUT2D eigenvalue weighted by atomic mass is 16.6. The third kappa shape index (κ3) is 5.46. The van der Waals surface area contributed by atoms with Gasteiger partial charge in [-0.05, 0) is 12.5 Å². The van der Waals surface area contributed by atoms with Gasteiger partial charge in [-0.3, -0.25) is 19.7 Å². The molecular weight excluding hydrogens is 270 g/mol. The van der Waals surface area contributed by atoms with Crippen LogP contribution in [0.2, 0.25) is 0 Å². The van der Waals surface area contributed by atoms with Crippen LogP contribution in [-0.4, -0.2) is 47.4 Å². The molecule has 0 aliphatic heterocycles. The lowest BCUT2D eigenvalue weighted by Crippen LogP contribution is -2.35. The number of methoxy groups -OCH3 is 1. The molecule has 0 aliphatic rings. The Kier molecular flexibility index (Phi) is 7.56. The molecule has 0 spiro atoms. The fourth-order valence-electron chi connectivity index (χ4n) is 1.28. The van der Waals surface area contributed by atoms with Crippen molar-refractivity contribution in [2.45, 2.75) is 26.3 Å². The van der Waals surface area contributed by atoms with E-state index >= 15 is 0 Å². The molecule has 0 bridgehead atoms. The smallest absolute Gasteiger partial charge is 0.325 e. The number of amides is 1. The maximum absolute atomic E-state index is 11.6. The quantitative estimate of drug-likeness (QED) is 0.224. The van der Waals surface area contributed by atoms with Crippen LogP contribution in [-0.2, 0) is 14.3 Å². The van der Waals surface area contributed by atoms with Gasteiger partial charge < -0.3 is 15.3 Å². The van der Waals surface area contributed by atoms with Crippen LogP contribution in [0.5, 0.6) is 0 Å². The number of nitrogens with zero attached hydrogens (tertiary/aromatic N) is 2. The normalized spacial score (nSPS) is 13.6. The van der Waals surface area contributed by atoms with E-state index in [2.05, 4.69) is 15.2 Å². The molecule has 0 aromatic heterocycles. The molecule has 0 aromatic rings. The second-order valence-corrected chi connectivity index (χ2v) is 3.78. The van der Waals surface area contributed by atoms with E-state index in [-0.39, 0.29) is 0 Å². The summed E-state index contributed by atoms with van der Waals surface area (Å²) in [5, 5.41) is 24.4. The maximum Gasteiger partial charge on any atom is 0.325 e. The minimum Gasteiger partial charge on any atom is -0.468 e. The molecule has 1 unspecified atom stereocenters. The number of oxime groups is 1. The third-order valence-electron chi connectivity index (χ3n) is 2.54. The number of rotatable bonds is 7. The zero-order valence-corrected chi connectivity index (χ0v) is 11.5. The predicted octanol–water partition coefficient (Wildman–Crippen LogP) is 0.107. The topological polar surface area (TPSA) is 131 Å². The molecule has 0 heterocycles. The van der Waals surface area contributed by atoms with E-state index < -0.39 is 35.1 Å². The summed E-state index contributed by atoms with van der Waals surface area (Å²) in [7, 11) is 1.16. The fraction of sp³-hybridized carbons (Fsp3) is 0.545. The maximum atomic E-state index is 11.6. The molecule has 20 heavy (non-hydrogen) atoms. The molecule has 1 amide bonds. The van der Waals surface area contributed by atoms with E-state index in [1.807, 2.05) is 0 Å². The molecule has 112 valence electrons. The van der Waals surface area contributed by atoms with Crippen molar-refractivity contribution in [3.8, 4) is 0 Å². The van der Waals surface area contributed by atoms with Gasteiger partial charge in [-0.2, -0.15) is 0 Å². The van der Waals surface area contributed by atoms with Crippen molar-refractivity contribution in [2.75, 3.05) is 13.7 Å². The van der Waals surface area contributed by atoms with Crippen LogP contribution in [0.25, 0.3) is 0 Å². The first-order valence-electron chi connectivity index (χ1n) is 5.78. The van der Waals surface area contributed by atoms with Crippen LogP contribution >= 0.6 is 0 Å². The number of ether oxygens (including phenoxy) is 1. The van der Waals surface area contributed by atoms with E-state index in [0.717, 1.165) is 13.2 Å². The summed E-state index contributed by atoms with van der Waals surface area (Å²) in [6.45, 7) is 2.64. The number of nitro groups is 1. The summed E-state index contributed by atoms with van der Waals surface area (Å²) in [6.07, 6.45) is 1.44. The Balaban J connectivity index is 4.95. The van der Waals surface area contributed by atoms with Gasteiger partial charge in [-0.25, -0.2) is 0 Å². The highest BCUT2D eigenvalue weighted by molar-refractivity contribution is 6.43. The Bertz CT molecular complexity index is 443. The standard InChI is InChI=1S/C11H17N3O6/c1-4-8(7(2)14(18)19)5-9(13-17)11(16)12-6-10(15)20-3/h5,7,17H,4,6H2,1-3H3,(H,12,16). The minimum absolute atomic E-state index is 0.311. The van der Waals surface area contributed by atoms with Crippen molar-refractivity contribution < 1.29 is 24.5 Å². The second-order valence-electron chi connectivity index (χ2n) is 3.78. The number of esters is 1. The van der Waals surface area contributed by atoms with Crippen LogP contribution < -0.4 is 5.32 Å². The average molecular weight is 287 g/mol. The minimum atomic E-state index is -1.01. The van der Waals surface area contributed by atoms with Gasteiger partial charge in [0.05, 0.1) is 7.11 Å². The van der Waals surface area contributed by atoms with Gasteiger partial charge in [0.25, 0.3) is 5.91 Å². The average Bonchev–Trinajstić information content (AvgIpc) is 2.44. The van der Waals surface area contributed by atoms with Crippen LogP contribution in [0.15, 0.2) is 16.8 Å². The number of hydrogen-bond acceptors (Lipinski definition) is 7. The van der Waals surface area contributed by atoms with Crippen molar-refractivity contribution in [2.24, 2.45) is 5.16 Å². The number of carbonyl (C=O) groups is 2. The Morgan fingerprint density at radius 1 is 1.55 bits per heavy atom. The van der Waals surface area contributed by atoms with E-state index in [9.17, 15) is 19.7 Å². The van der Waals surface area contributed by atoms with Crippen molar-refractivity contribution in [3.05, 3.63) is 21.8 Å². The number of carbonyl (C=O) groups excluding carboxylic acids is 2. The lowest BCUT2D eigenvalue weighted by molar-refractivity contribution is -0.507. The first-order valence-corrected chi connectivity index (χ1v) is 5.78. The van der Waals surface area contributed by atoms with Gasteiger partial charge in [-0.15, -0.1) is 0 Å². The Labute approximate surface area is 115 Å². The molecule has 0 aliphatic carbocycles. The highest BCUT2D eigenvalue weighted by Crippen LogP contribution is 2.10. The molecule has 9 heteroatoms. The highest BCUT2D eigenvalue weighted by Gasteiger charge is 2.20. The van der Waals surface area contributed by atoms with Crippen LogP contribution in [0, 0.1) is 10.1 Å². The van der Waals surface area contributed by atoms with Crippen molar-refractivity contribution in [1.82, 2.24) is 5.32 Å². The van der Waals surface area contributed by atoms with E-state index in [0.29, 0.717) is 12.0 Å². The first-order chi connectivity index (χ1) is 9.37. The SMILES string of the molecule is CCC(=CC(=NO)C(=O)NCC(=O)OC)C(C)[N+](=O)[O-]. The molecule has 0 fully saturated rings. The summed E-state index contributed by atoms with van der Waals surface area (Å²) in [5.74, 6) is -1.51. The monoisotopic (exact) mass is 287 g/mol. The Hall–Kier alpha value is -2.45. The largest absolute Gasteiger partial charge is 0.468 e.